The second-order valence-corrected chi connectivity index (χ2v) is 4.06. The van der Waals surface area contributed by atoms with Crippen LogP contribution in [0.25, 0.3) is 16.3 Å². The summed E-state index contributed by atoms with van der Waals surface area (Å²) in [5.41, 5.74) is 1.06. The number of aromatic nitrogens is 3. The molecule has 0 bridgehead atoms. The van der Waals surface area contributed by atoms with Crippen LogP contribution in [0.1, 0.15) is 0 Å². The Morgan fingerprint density at radius 2 is 2.13 bits per heavy atom. The number of benzene rings is 1. The quantitative estimate of drug-likeness (QED) is 0.584. The van der Waals surface area contributed by atoms with Crippen LogP contribution in [0.5, 0.6) is 0 Å². The molecule has 0 amide bonds. The average Bonchev–Trinajstić information content (AvgIpc) is 2.66. The summed E-state index contributed by atoms with van der Waals surface area (Å²) in [6, 6.07) is 8.24. The van der Waals surface area contributed by atoms with Gasteiger partial charge in [-0.2, -0.15) is 0 Å². The average molecular weight is 215 g/mol. The molecule has 0 saturated heterocycles. The fourth-order valence-electron chi connectivity index (χ4n) is 1.71. The van der Waals surface area contributed by atoms with Gasteiger partial charge in [0.25, 0.3) is 0 Å². The Hall–Kier alpha value is -1.55. The lowest BCUT2D eigenvalue weighted by atomic mass is 10.2. The number of hydrogen-bond acceptors (Lipinski definition) is 3. The van der Waals surface area contributed by atoms with Gasteiger partial charge in [0.05, 0.1) is 11.7 Å². The predicted octanol–water partition coefficient (Wildman–Crippen LogP) is 2.60. The van der Waals surface area contributed by atoms with Crippen molar-refractivity contribution >= 4 is 28.1 Å². The standard InChI is InChI=1S/C11H9N3S/c1-15-11-12-6-10-9-5-3-2-4-8(9)7-14(10)13-11/h2-7H,1H3. The van der Waals surface area contributed by atoms with E-state index in [1.54, 1.807) is 11.8 Å². The van der Waals surface area contributed by atoms with E-state index in [4.69, 9.17) is 0 Å². The van der Waals surface area contributed by atoms with Crippen LogP contribution in [-0.2, 0) is 0 Å². The van der Waals surface area contributed by atoms with Gasteiger partial charge in [-0.15, -0.1) is 5.10 Å². The van der Waals surface area contributed by atoms with Crippen LogP contribution >= 0.6 is 11.8 Å². The first-order valence-corrected chi connectivity index (χ1v) is 5.88. The lowest BCUT2D eigenvalue weighted by Crippen LogP contribution is -1.93. The molecule has 0 atom stereocenters. The number of fused-ring (bicyclic) bond motifs is 3. The summed E-state index contributed by atoms with van der Waals surface area (Å²) < 4.78 is 1.89. The molecule has 0 fully saturated rings. The van der Waals surface area contributed by atoms with Crippen molar-refractivity contribution in [1.82, 2.24) is 14.6 Å². The molecular weight excluding hydrogens is 206 g/mol. The van der Waals surface area contributed by atoms with Crippen molar-refractivity contribution in [3.63, 3.8) is 0 Å². The Morgan fingerprint density at radius 1 is 1.27 bits per heavy atom. The number of hydrogen-bond donors (Lipinski definition) is 0. The SMILES string of the molecule is CSc1ncc2c3ccccc3cn2n1. The van der Waals surface area contributed by atoms with E-state index in [1.807, 2.05) is 35.3 Å². The topological polar surface area (TPSA) is 30.2 Å². The summed E-state index contributed by atoms with van der Waals surface area (Å²) in [4.78, 5) is 4.28. The summed E-state index contributed by atoms with van der Waals surface area (Å²) in [6.45, 7) is 0. The van der Waals surface area contributed by atoms with Crippen LogP contribution in [0.2, 0.25) is 0 Å². The molecule has 3 aromatic rings. The molecule has 0 aliphatic rings. The van der Waals surface area contributed by atoms with Crippen LogP contribution < -0.4 is 0 Å². The molecule has 3 rings (SSSR count). The molecule has 2 heterocycles. The third-order valence-electron chi connectivity index (χ3n) is 2.42. The van der Waals surface area contributed by atoms with E-state index in [0.717, 1.165) is 10.7 Å². The highest BCUT2D eigenvalue weighted by atomic mass is 32.2. The van der Waals surface area contributed by atoms with Gasteiger partial charge in [-0.3, -0.25) is 0 Å². The molecule has 74 valence electrons. The minimum absolute atomic E-state index is 0.794. The van der Waals surface area contributed by atoms with Crippen molar-refractivity contribution < 1.29 is 0 Å². The van der Waals surface area contributed by atoms with Crippen LogP contribution in [0.15, 0.2) is 41.8 Å². The van der Waals surface area contributed by atoms with E-state index in [9.17, 15) is 0 Å². The largest absolute Gasteiger partial charge is 0.236 e. The first-order chi connectivity index (χ1) is 7.38. The fourth-order valence-corrected chi connectivity index (χ4v) is 2.03. The molecule has 3 nitrogen and oxygen atoms in total. The molecule has 0 spiro atoms. The zero-order valence-corrected chi connectivity index (χ0v) is 9.03. The van der Waals surface area contributed by atoms with Crippen molar-refractivity contribution in [2.75, 3.05) is 6.26 Å². The Balaban J connectivity index is 2.43. The minimum Gasteiger partial charge on any atom is -0.236 e. The smallest absolute Gasteiger partial charge is 0.207 e. The van der Waals surface area contributed by atoms with Crippen molar-refractivity contribution in [3.8, 4) is 0 Å². The highest BCUT2D eigenvalue weighted by Crippen LogP contribution is 2.21. The van der Waals surface area contributed by atoms with E-state index in [2.05, 4.69) is 22.2 Å². The predicted molar refractivity (Wildman–Crippen MR) is 62.3 cm³/mol. The Morgan fingerprint density at radius 3 is 3.00 bits per heavy atom. The lowest BCUT2D eigenvalue weighted by Gasteiger charge is -1.96. The van der Waals surface area contributed by atoms with Gasteiger partial charge in [-0.25, -0.2) is 9.50 Å². The van der Waals surface area contributed by atoms with Gasteiger partial charge in [0.1, 0.15) is 0 Å². The first kappa shape index (κ1) is 8.73. The van der Waals surface area contributed by atoms with E-state index < -0.39 is 0 Å². The number of thioether (sulfide) groups is 1. The van der Waals surface area contributed by atoms with Crippen molar-refractivity contribution in [2.24, 2.45) is 0 Å². The summed E-state index contributed by atoms with van der Waals surface area (Å²) in [5, 5.41) is 7.59. The highest BCUT2D eigenvalue weighted by molar-refractivity contribution is 7.98. The van der Waals surface area contributed by atoms with Gasteiger partial charge in [-0.05, 0) is 6.26 Å². The van der Waals surface area contributed by atoms with Crippen molar-refractivity contribution in [3.05, 3.63) is 36.7 Å². The van der Waals surface area contributed by atoms with E-state index in [0.29, 0.717) is 0 Å². The second kappa shape index (κ2) is 3.24. The van der Waals surface area contributed by atoms with Gasteiger partial charge < -0.3 is 0 Å². The van der Waals surface area contributed by atoms with E-state index >= 15 is 0 Å². The monoisotopic (exact) mass is 215 g/mol. The zero-order valence-electron chi connectivity index (χ0n) is 8.21. The van der Waals surface area contributed by atoms with Crippen LogP contribution in [0.3, 0.4) is 0 Å². The van der Waals surface area contributed by atoms with Crippen LogP contribution in [0, 0.1) is 0 Å². The maximum absolute atomic E-state index is 4.40. The maximum atomic E-state index is 4.40. The van der Waals surface area contributed by atoms with Gasteiger partial charge in [-0.1, -0.05) is 36.0 Å². The maximum Gasteiger partial charge on any atom is 0.207 e. The third-order valence-corrected chi connectivity index (χ3v) is 2.97. The summed E-state index contributed by atoms with van der Waals surface area (Å²) in [6.07, 6.45) is 5.89. The Kier molecular flexibility index (Phi) is 1.89. The van der Waals surface area contributed by atoms with Gasteiger partial charge in [0, 0.05) is 17.0 Å². The number of nitrogens with zero attached hydrogens (tertiary/aromatic N) is 3. The van der Waals surface area contributed by atoms with Gasteiger partial charge in [0.2, 0.25) is 5.16 Å². The van der Waals surface area contributed by atoms with Crippen LogP contribution in [-0.4, -0.2) is 20.9 Å². The molecular formula is C11H9N3S. The fraction of sp³-hybridized carbons (Fsp3) is 0.0909. The molecule has 0 aliphatic carbocycles. The Bertz CT molecular complexity index is 630. The summed E-state index contributed by atoms with van der Waals surface area (Å²) in [5.74, 6) is 0. The molecule has 0 saturated carbocycles. The van der Waals surface area contributed by atoms with Crippen molar-refractivity contribution in [1.29, 1.82) is 0 Å². The van der Waals surface area contributed by atoms with Crippen LogP contribution in [0.4, 0.5) is 0 Å². The lowest BCUT2D eigenvalue weighted by molar-refractivity contribution is 0.801. The van der Waals surface area contributed by atoms with Gasteiger partial charge >= 0.3 is 0 Å². The normalized spacial score (nSPS) is 11.3. The highest BCUT2D eigenvalue weighted by Gasteiger charge is 2.04. The zero-order chi connectivity index (χ0) is 10.3. The summed E-state index contributed by atoms with van der Waals surface area (Å²) >= 11 is 1.55. The second-order valence-electron chi connectivity index (χ2n) is 3.29. The minimum atomic E-state index is 0.794. The molecule has 0 N–H and O–H groups in total. The molecule has 1 aromatic carbocycles. The number of rotatable bonds is 1. The van der Waals surface area contributed by atoms with Gasteiger partial charge in [0.15, 0.2) is 0 Å². The van der Waals surface area contributed by atoms with E-state index in [1.165, 1.54) is 10.8 Å². The van der Waals surface area contributed by atoms with E-state index in [-0.39, 0.29) is 0 Å². The van der Waals surface area contributed by atoms with Crippen molar-refractivity contribution in [2.45, 2.75) is 5.16 Å². The molecule has 0 radical (unpaired) electrons. The molecule has 15 heavy (non-hydrogen) atoms. The molecule has 4 heteroatoms. The molecule has 0 aliphatic heterocycles. The molecule has 2 aromatic heterocycles. The Labute approximate surface area is 91.1 Å². The first-order valence-electron chi connectivity index (χ1n) is 4.65. The third kappa shape index (κ3) is 1.29. The summed E-state index contributed by atoms with van der Waals surface area (Å²) in [7, 11) is 0. The molecule has 0 unspecified atom stereocenters.